The molecule has 0 aliphatic carbocycles. The lowest BCUT2D eigenvalue weighted by molar-refractivity contribution is -0.273. The van der Waals surface area contributed by atoms with Gasteiger partial charge in [-0.05, 0) is 38.3 Å². The molecule has 0 spiro atoms. The number of aliphatic hydroxyl groups is 2. The molecule has 6 nitrogen and oxygen atoms in total. The van der Waals surface area contributed by atoms with Gasteiger partial charge in [-0.3, -0.25) is 4.79 Å². The zero-order valence-corrected chi connectivity index (χ0v) is 17.4. The number of ether oxygens (including phenoxy) is 3. The molecule has 2 aliphatic rings. The highest BCUT2D eigenvalue weighted by molar-refractivity contribution is 7.50. The zero-order chi connectivity index (χ0) is 19.3. The lowest BCUT2D eigenvalue weighted by Gasteiger charge is -2.36. The average Bonchev–Trinajstić information content (AvgIpc) is 3.38. The fourth-order valence-electron chi connectivity index (χ4n) is 3.25. The summed E-state index contributed by atoms with van der Waals surface area (Å²) >= 11 is 0. The zero-order valence-electron chi connectivity index (χ0n) is 16.4. The summed E-state index contributed by atoms with van der Waals surface area (Å²) in [6.45, 7) is 8.53. The van der Waals surface area contributed by atoms with E-state index < -0.39 is 18.5 Å². The number of aliphatic hydroxyl groups excluding tert-OH is 2. The first-order valence-electron chi connectivity index (χ1n) is 9.95. The number of rotatable bonds is 10. The number of hydrogen-bond donors (Lipinski definition) is 2. The van der Waals surface area contributed by atoms with Crippen molar-refractivity contribution >= 4 is 14.6 Å². The minimum atomic E-state index is -0.806. The molecule has 0 aromatic heterocycles. The van der Waals surface area contributed by atoms with Gasteiger partial charge in [-0.25, -0.2) is 0 Å². The Balaban J connectivity index is 1.63. The first-order chi connectivity index (χ1) is 12.3. The second kappa shape index (κ2) is 10.3. The summed E-state index contributed by atoms with van der Waals surface area (Å²) < 4.78 is 16.8. The molecule has 2 heterocycles. The average molecular weight is 390 g/mol. The number of carbonyl (C=O) groups excluding carboxylic acids is 1. The highest BCUT2D eigenvalue weighted by Gasteiger charge is 2.44. The van der Waals surface area contributed by atoms with Crippen LogP contribution in [0.25, 0.3) is 0 Å². The van der Waals surface area contributed by atoms with E-state index in [1.807, 2.05) is 6.92 Å². The third-order valence-electron chi connectivity index (χ3n) is 5.50. The van der Waals surface area contributed by atoms with Crippen molar-refractivity contribution in [2.75, 3.05) is 6.61 Å². The topological polar surface area (TPSA) is 85.2 Å². The second-order valence-corrected chi connectivity index (χ2v) is 9.36. The summed E-state index contributed by atoms with van der Waals surface area (Å²) in [5.74, 6) is 0.429. The predicted molar refractivity (Wildman–Crippen MR) is 102 cm³/mol. The Kier molecular flexibility index (Phi) is 8.75. The van der Waals surface area contributed by atoms with E-state index in [9.17, 15) is 15.0 Å². The van der Waals surface area contributed by atoms with Gasteiger partial charge in [-0.2, -0.15) is 0 Å². The van der Waals surface area contributed by atoms with Crippen molar-refractivity contribution in [2.45, 2.75) is 102 Å². The third kappa shape index (κ3) is 6.42. The Morgan fingerprint density at radius 1 is 1.27 bits per heavy atom. The van der Waals surface area contributed by atoms with Gasteiger partial charge in [0.25, 0.3) is 0 Å². The minimum Gasteiger partial charge on any atom is -0.465 e. The van der Waals surface area contributed by atoms with Gasteiger partial charge >= 0.3 is 5.97 Å². The Morgan fingerprint density at radius 2 is 1.96 bits per heavy atom. The van der Waals surface area contributed by atoms with Crippen LogP contribution >= 0.6 is 8.58 Å². The van der Waals surface area contributed by atoms with Crippen LogP contribution in [0.5, 0.6) is 0 Å². The maximum absolute atomic E-state index is 12.1. The van der Waals surface area contributed by atoms with Gasteiger partial charge in [0.15, 0.2) is 6.29 Å². The van der Waals surface area contributed by atoms with E-state index in [1.54, 1.807) is 6.92 Å². The summed E-state index contributed by atoms with van der Waals surface area (Å²) in [4.78, 5) is 12.1. The molecule has 7 heteroatoms. The molecule has 2 saturated heterocycles. The monoisotopic (exact) mass is 390 g/mol. The van der Waals surface area contributed by atoms with E-state index in [0.29, 0.717) is 26.8 Å². The first-order valence-corrected chi connectivity index (χ1v) is 11.1. The van der Waals surface area contributed by atoms with E-state index >= 15 is 0 Å². The quantitative estimate of drug-likeness (QED) is 0.440. The molecule has 1 unspecified atom stereocenters. The van der Waals surface area contributed by atoms with Crippen LogP contribution in [-0.2, 0) is 19.0 Å². The molecule has 2 aliphatic heterocycles. The van der Waals surface area contributed by atoms with Crippen molar-refractivity contribution in [3.05, 3.63) is 0 Å². The van der Waals surface area contributed by atoms with Crippen LogP contribution in [0.15, 0.2) is 0 Å². The number of hydrogen-bond acceptors (Lipinski definition) is 6. The van der Waals surface area contributed by atoms with Crippen LogP contribution in [0.3, 0.4) is 0 Å². The van der Waals surface area contributed by atoms with Crippen LogP contribution in [0.1, 0.15) is 59.8 Å². The molecule has 2 rings (SSSR count). The summed E-state index contributed by atoms with van der Waals surface area (Å²) in [6, 6.07) is 0. The van der Waals surface area contributed by atoms with Gasteiger partial charge in [0.1, 0.15) is 6.10 Å². The van der Waals surface area contributed by atoms with Crippen molar-refractivity contribution in [2.24, 2.45) is 5.92 Å². The molecule has 0 radical (unpaired) electrons. The second-order valence-electron chi connectivity index (χ2n) is 7.67. The van der Waals surface area contributed by atoms with E-state index in [-0.39, 0.29) is 30.3 Å². The minimum absolute atomic E-state index is 0.0392. The van der Waals surface area contributed by atoms with Crippen LogP contribution in [-0.4, -0.2) is 64.8 Å². The molecular formula is C19H35O6P. The number of esters is 1. The lowest BCUT2D eigenvalue weighted by Crippen LogP contribution is -2.48. The van der Waals surface area contributed by atoms with Crippen molar-refractivity contribution < 1.29 is 29.2 Å². The van der Waals surface area contributed by atoms with Crippen molar-refractivity contribution in [3.8, 4) is 0 Å². The van der Waals surface area contributed by atoms with Crippen molar-refractivity contribution in [1.82, 2.24) is 0 Å². The van der Waals surface area contributed by atoms with Gasteiger partial charge in [-0.1, -0.05) is 26.7 Å². The molecule has 0 saturated carbocycles. The Labute approximate surface area is 158 Å². The molecule has 0 bridgehead atoms. The maximum Gasteiger partial charge on any atom is 0.313 e. The highest BCUT2D eigenvalue weighted by atomic mass is 31.1. The number of carbonyl (C=O) groups is 1. The van der Waals surface area contributed by atoms with Crippen molar-refractivity contribution in [3.63, 3.8) is 0 Å². The van der Waals surface area contributed by atoms with Crippen LogP contribution < -0.4 is 0 Å². The molecule has 2 N–H and O–H groups in total. The molecule has 0 aromatic rings. The van der Waals surface area contributed by atoms with Gasteiger partial charge in [0, 0.05) is 6.42 Å². The fraction of sp³-hybridized carbons (Fsp3) is 0.947. The van der Waals surface area contributed by atoms with Crippen molar-refractivity contribution in [1.29, 1.82) is 0 Å². The smallest absolute Gasteiger partial charge is 0.313 e. The van der Waals surface area contributed by atoms with E-state index in [2.05, 4.69) is 13.8 Å². The van der Waals surface area contributed by atoms with Crippen LogP contribution in [0.4, 0.5) is 0 Å². The SMILES string of the molecule is CCC(CC)COC(=O)[C@@H]1P[C@@H]1CC[C@@H](C)O[C@@H]1O[C@@H](C)[C@H](O)C[C@H]1O. The standard InChI is InChI=1S/C19H35O6P/c1-5-13(6-2)10-23-18(22)17-16(26-17)8-7-11(3)24-19-15(21)9-14(20)12(4)25-19/h11-17,19-21,26H,5-10H2,1-4H3/t11-,12+,14-,15-,16-,17-,19-/m1/s1. The predicted octanol–water partition coefficient (Wildman–Crippen LogP) is 2.44. The Morgan fingerprint density at radius 3 is 2.62 bits per heavy atom. The van der Waals surface area contributed by atoms with E-state index in [0.717, 1.165) is 25.7 Å². The Hall–Kier alpha value is -0.260. The Bertz CT molecular complexity index is 444. The summed E-state index contributed by atoms with van der Waals surface area (Å²) in [5, 5.41) is 19.7. The molecule has 8 atom stereocenters. The first kappa shape index (κ1) is 22.0. The van der Waals surface area contributed by atoms with Gasteiger partial charge in [0.05, 0.1) is 30.6 Å². The molecule has 0 aromatic carbocycles. The summed E-state index contributed by atoms with van der Waals surface area (Å²) in [7, 11) is 0.652. The maximum atomic E-state index is 12.1. The van der Waals surface area contributed by atoms with Gasteiger partial charge in [0.2, 0.25) is 0 Å². The molecular weight excluding hydrogens is 355 g/mol. The summed E-state index contributed by atoms with van der Waals surface area (Å²) in [5.41, 5.74) is 0.483. The highest BCUT2D eigenvalue weighted by Crippen LogP contribution is 2.52. The van der Waals surface area contributed by atoms with E-state index in [4.69, 9.17) is 14.2 Å². The van der Waals surface area contributed by atoms with Crippen LogP contribution in [0.2, 0.25) is 0 Å². The normalized spacial score (nSPS) is 36.3. The molecule has 0 amide bonds. The van der Waals surface area contributed by atoms with Gasteiger partial charge in [-0.15, -0.1) is 8.58 Å². The van der Waals surface area contributed by atoms with Crippen LogP contribution in [0, 0.1) is 5.92 Å². The summed E-state index contributed by atoms with van der Waals surface area (Å²) in [6.07, 6.45) is 1.54. The fourth-order valence-corrected chi connectivity index (χ4v) is 4.45. The molecule has 2 fully saturated rings. The van der Waals surface area contributed by atoms with Gasteiger partial charge < -0.3 is 24.4 Å². The molecule has 152 valence electrons. The van der Waals surface area contributed by atoms with E-state index in [1.165, 1.54) is 0 Å². The third-order valence-corrected chi connectivity index (χ3v) is 7.16. The molecule has 26 heavy (non-hydrogen) atoms. The lowest BCUT2D eigenvalue weighted by atomic mass is 10.0. The largest absolute Gasteiger partial charge is 0.465 e.